The van der Waals surface area contributed by atoms with E-state index in [4.69, 9.17) is 0 Å². The van der Waals surface area contributed by atoms with E-state index in [0.717, 1.165) is 23.3 Å². The van der Waals surface area contributed by atoms with Crippen LogP contribution in [0.1, 0.15) is 24.0 Å². The largest absolute Gasteiger partial charge is 0.416 e. The predicted molar refractivity (Wildman–Crippen MR) is 95.9 cm³/mol. The van der Waals surface area contributed by atoms with Crippen molar-refractivity contribution in [2.24, 2.45) is 0 Å². The van der Waals surface area contributed by atoms with E-state index in [9.17, 15) is 35.9 Å². The average Bonchev–Trinajstić information content (AvgIpc) is 3.17. The number of halogens is 6. The molecule has 0 saturated carbocycles. The van der Waals surface area contributed by atoms with E-state index < -0.39 is 35.0 Å². The van der Waals surface area contributed by atoms with E-state index in [0.29, 0.717) is 25.1 Å². The Bertz CT molecular complexity index is 933. The first-order valence-corrected chi connectivity index (χ1v) is 8.87. The van der Waals surface area contributed by atoms with Gasteiger partial charge < -0.3 is 5.32 Å². The van der Waals surface area contributed by atoms with Gasteiger partial charge in [-0.15, -0.1) is 5.10 Å². The summed E-state index contributed by atoms with van der Waals surface area (Å²) in [7, 11) is 1.50. The van der Waals surface area contributed by atoms with Crippen molar-refractivity contribution >= 4 is 18.0 Å². The first-order chi connectivity index (χ1) is 14.4. The lowest BCUT2D eigenvalue weighted by molar-refractivity contribution is -0.564. The van der Waals surface area contributed by atoms with Gasteiger partial charge in [-0.1, -0.05) is 0 Å². The molecule has 1 aromatic carbocycles. The van der Waals surface area contributed by atoms with Gasteiger partial charge >= 0.3 is 18.3 Å². The number of rotatable bonds is 7. The molecule has 0 aliphatic carbocycles. The third-order valence-electron chi connectivity index (χ3n) is 3.98. The van der Waals surface area contributed by atoms with Crippen LogP contribution in [0.15, 0.2) is 30.6 Å². The van der Waals surface area contributed by atoms with Gasteiger partial charge in [-0.3, -0.25) is 10.1 Å². The summed E-state index contributed by atoms with van der Waals surface area (Å²) < 4.78 is 78.8. The number of hydrogen-bond acceptors (Lipinski definition) is 4. The normalized spacial score (nSPS) is 12.4. The van der Waals surface area contributed by atoms with Crippen LogP contribution in [-0.2, 0) is 21.9 Å². The van der Waals surface area contributed by atoms with Crippen molar-refractivity contribution in [1.29, 1.82) is 0 Å². The molecule has 2 rings (SSSR count). The SMILES string of the molecule is CNC(=O)CCC[NH2+]C(=O)/C=C\n1cnc(-c2cc(C(F)(F)F)cc(C(F)(F)F)c2)n1. The fourth-order valence-electron chi connectivity index (χ4n) is 2.41. The quantitative estimate of drug-likeness (QED) is 0.384. The van der Waals surface area contributed by atoms with Crippen LogP contribution in [0.5, 0.6) is 0 Å². The summed E-state index contributed by atoms with van der Waals surface area (Å²) in [6.07, 6.45) is -5.95. The predicted octanol–water partition coefficient (Wildman–Crippen LogP) is 2.07. The number of aromatic nitrogens is 3. The second kappa shape index (κ2) is 9.73. The van der Waals surface area contributed by atoms with Gasteiger partial charge in [-0.2, -0.15) is 26.3 Å². The van der Waals surface area contributed by atoms with Gasteiger partial charge in [0.15, 0.2) is 5.82 Å². The van der Waals surface area contributed by atoms with Crippen molar-refractivity contribution in [3.8, 4) is 11.4 Å². The van der Waals surface area contributed by atoms with Gasteiger partial charge in [0.2, 0.25) is 5.91 Å². The Kier molecular flexibility index (Phi) is 7.55. The highest BCUT2D eigenvalue weighted by atomic mass is 19.4. The molecule has 0 fully saturated rings. The van der Waals surface area contributed by atoms with Crippen LogP contribution >= 0.6 is 0 Å². The molecular formula is C18H18F6N5O2+. The molecule has 2 aromatic rings. The topological polar surface area (TPSA) is 93.5 Å². The van der Waals surface area contributed by atoms with Crippen LogP contribution in [0, 0.1) is 0 Å². The molecule has 0 unspecified atom stereocenters. The second-order valence-electron chi connectivity index (χ2n) is 6.33. The summed E-state index contributed by atoms with van der Waals surface area (Å²) in [6, 6.07) is 1.05. The highest BCUT2D eigenvalue weighted by Crippen LogP contribution is 2.37. The lowest BCUT2D eigenvalue weighted by Crippen LogP contribution is -2.87. The van der Waals surface area contributed by atoms with Crippen LogP contribution in [0.4, 0.5) is 26.3 Å². The Labute approximate surface area is 172 Å². The van der Waals surface area contributed by atoms with Crippen molar-refractivity contribution in [2.45, 2.75) is 25.2 Å². The van der Waals surface area contributed by atoms with Gasteiger partial charge in [0, 0.05) is 31.7 Å². The van der Waals surface area contributed by atoms with E-state index in [1.807, 2.05) is 0 Å². The summed E-state index contributed by atoms with van der Waals surface area (Å²) in [6.45, 7) is 0.351. The molecule has 0 aliphatic heterocycles. The molecular weight excluding hydrogens is 432 g/mol. The van der Waals surface area contributed by atoms with Crippen LogP contribution in [0.3, 0.4) is 0 Å². The molecule has 0 atom stereocenters. The van der Waals surface area contributed by atoms with E-state index >= 15 is 0 Å². The summed E-state index contributed by atoms with van der Waals surface area (Å²) in [5.74, 6) is -0.939. The minimum absolute atomic E-state index is 0.0129. The highest BCUT2D eigenvalue weighted by Gasteiger charge is 2.37. The summed E-state index contributed by atoms with van der Waals surface area (Å²) in [5.41, 5.74) is -3.43. The molecule has 0 saturated heterocycles. The first kappa shape index (κ1) is 24.1. The molecule has 13 heteroatoms. The van der Waals surface area contributed by atoms with Gasteiger partial charge in [0.1, 0.15) is 6.33 Å². The summed E-state index contributed by atoms with van der Waals surface area (Å²) >= 11 is 0. The maximum atomic E-state index is 13.0. The van der Waals surface area contributed by atoms with E-state index in [1.54, 1.807) is 0 Å². The maximum Gasteiger partial charge on any atom is 0.416 e. The zero-order chi connectivity index (χ0) is 23.2. The smallest absolute Gasteiger partial charge is 0.359 e. The van der Waals surface area contributed by atoms with E-state index in [-0.39, 0.29) is 24.2 Å². The maximum absolute atomic E-state index is 13.0. The molecule has 168 valence electrons. The van der Waals surface area contributed by atoms with Crippen LogP contribution in [0.2, 0.25) is 0 Å². The summed E-state index contributed by atoms with van der Waals surface area (Å²) in [5, 5.41) is 7.57. The van der Waals surface area contributed by atoms with Crippen molar-refractivity contribution in [1.82, 2.24) is 20.1 Å². The zero-order valence-electron chi connectivity index (χ0n) is 16.1. The minimum atomic E-state index is -4.99. The zero-order valence-corrected chi connectivity index (χ0v) is 16.1. The first-order valence-electron chi connectivity index (χ1n) is 8.87. The molecule has 0 radical (unpaired) electrons. The van der Waals surface area contributed by atoms with Crippen LogP contribution < -0.4 is 10.6 Å². The number of primary amides is 1. The number of carbonyl (C=O) groups is 2. The van der Waals surface area contributed by atoms with Crippen LogP contribution in [-0.4, -0.2) is 40.2 Å². The van der Waals surface area contributed by atoms with Crippen molar-refractivity contribution < 1.29 is 41.2 Å². The molecule has 3 N–H and O–H groups in total. The van der Waals surface area contributed by atoms with E-state index in [1.165, 1.54) is 12.4 Å². The highest BCUT2D eigenvalue weighted by molar-refractivity contribution is 5.81. The lowest BCUT2D eigenvalue weighted by atomic mass is 10.0. The third-order valence-corrected chi connectivity index (χ3v) is 3.98. The number of alkyl halides is 6. The van der Waals surface area contributed by atoms with E-state index in [2.05, 4.69) is 15.4 Å². The molecule has 1 heterocycles. The number of nitrogens with one attached hydrogen (secondary N) is 1. The van der Waals surface area contributed by atoms with Gasteiger partial charge in [0.05, 0.1) is 23.7 Å². The van der Waals surface area contributed by atoms with Gasteiger partial charge in [-0.05, 0) is 18.2 Å². The number of hydrogen-bond donors (Lipinski definition) is 2. The number of quaternary nitrogens is 1. The average molecular weight is 450 g/mol. The number of benzene rings is 1. The third kappa shape index (κ3) is 7.20. The van der Waals surface area contributed by atoms with Crippen molar-refractivity contribution in [3.05, 3.63) is 41.7 Å². The minimum Gasteiger partial charge on any atom is -0.359 e. The Morgan fingerprint density at radius 1 is 1.10 bits per heavy atom. The van der Waals surface area contributed by atoms with Crippen molar-refractivity contribution in [2.75, 3.05) is 13.6 Å². The molecule has 7 nitrogen and oxygen atoms in total. The molecule has 2 amide bonds. The summed E-state index contributed by atoms with van der Waals surface area (Å²) in [4.78, 5) is 26.5. The van der Waals surface area contributed by atoms with Gasteiger partial charge in [0.25, 0.3) is 0 Å². The number of amides is 2. The standard InChI is InChI=1S/C18H17F6N5O2/c1-25-14(30)3-2-5-26-15(31)4-6-29-10-27-16(28-29)11-7-12(17(19,20)21)9-13(8-11)18(22,23)24/h4,6-10H,2-3,5H2,1H3,(H,25,30)(H,26,31)/p+1/b6-4-. The number of nitrogens with zero attached hydrogens (tertiary/aromatic N) is 3. The second-order valence-corrected chi connectivity index (χ2v) is 6.33. The Morgan fingerprint density at radius 3 is 2.26 bits per heavy atom. The molecule has 0 spiro atoms. The fraction of sp³-hybridized carbons (Fsp3) is 0.333. The number of nitrogens with two attached hydrogens (primary N) is 1. The Balaban J connectivity index is 2.12. The van der Waals surface area contributed by atoms with Crippen LogP contribution in [0.25, 0.3) is 17.6 Å². The molecule has 0 aliphatic rings. The van der Waals surface area contributed by atoms with Crippen molar-refractivity contribution in [3.63, 3.8) is 0 Å². The lowest BCUT2D eigenvalue weighted by Gasteiger charge is -2.13. The monoisotopic (exact) mass is 450 g/mol. The van der Waals surface area contributed by atoms with Gasteiger partial charge in [-0.25, -0.2) is 14.5 Å². The number of carbonyl (C=O) groups excluding carboxylic acids is 2. The Morgan fingerprint density at radius 2 is 1.71 bits per heavy atom. The molecule has 1 aromatic heterocycles. The fourth-order valence-corrected chi connectivity index (χ4v) is 2.41. The Hall–Kier alpha value is -3.22. The molecule has 0 bridgehead atoms. The molecule has 31 heavy (non-hydrogen) atoms.